The highest BCUT2D eigenvalue weighted by atomic mass is 79.9. The number of carbonyl (C=O) groups excluding carboxylic acids is 1. The van der Waals surface area contributed by atoms with E-state index in [1.807, 2.05) is 36.7 Å². The molecule has 0 unspecified atom stereocenters. The van der Waals surface area contributed by atoms with Gasteiger partial charge >= 0.3 is 0 Å². The van der Waals surface area contributed by atoms with E-state index in [2.05, 4.69) is 26.0 Å². The fraction of sp³-hybridized carbons (Fsp3) is 0.357. The summed E-state index contributed by atoms with van der Waals surface area (Å²) >= 11 is 3.50. The van der Waals surface area contributed by atoms with Crippen LogP contribution in [0.2, 0.25) is 0 Å². The van der Waals surface area contributed by atoms with Gasteiger partial charge in [-0.2, -0.15) is 5.10 Å². The highest BCUT2D eigenvalue weighted by Gasteiger charge is 2.15. The summed E-state index contributed by atoms with van der Waals surface area (Å²) in [5.74, 6) is 0.147. The van der Waals surface area contributed by atoms with E-state index < -0.39 is 0 Å². The predicted octanol–water partition coefficient (Wildman–Crippen LogP) is 2.72. The first kappa shape index (κ1) is 13.9. The van der Waals surface area contributed by atoms with Crippen molar-refractivity contribution < 1.29 is 4.79 Å². The summed E-state index contributed by atoms with van der Waals surface area (Å²) < 4.78 is 2.80. The van der Waals surface area contributed by atoms with Crippen LogP contribution in [-0.4, -0.2) is 20.5 Å². The third-order valence-corrected chi connectivity index (χ3v) is 3.95. The number of halogens is 1. The third-order valence-electron chi connectivity index (χ3n) is 2.92. The lowest BCUT2D eigenvalue weighted by atomic mass is 10.1. The molecule has 5 heteroatoms. The maximum Gasteiger partial charge on any atom is 0.144 e. The zero-order valence-corrected chi connectivity index (χ0v) is 12.6. The van der Waals surface area contributed by atoms with Gasteiger partial charge < -0.3 is 0 Å². The molecule has 0 amide bonds. The molecule has 0 fully saturated rings. The van der Waals surface area contributed by atoms with E-state index in [0.29, 0.717) is 12.8 Å². The second-order valence-corrected chi connectivity index (χ2v) is 5.17. The number of ketones is 1. The largest absolute Gasteiger partial charge is 0.299 e. The average Bonchev–Trinajstić information content (AvgIpc) is 2.67. The summed E-state index contributed by atoms with van der Waals surface area (Å²) in [6, 6.07) is 5.61. The Bertz CT molecular complexity index is 578. The van der Waals surface area contributed by atoms with E-state index in [0.717, 1.165) is 28.1 Å². The van der Waals surface area contributed by atoms with Crippen LogP contribution < -0.4 is 0 Å². The van der Waals surface area contributed by atoms with E-state index in [1.165, 1.54) is 0 Å². The molecule has 0 aliphatic carbocycles. The predicted molar refractivity (Wildman–Crippen MR) is 77.0 cm³/mol. The van der Waals surface area contributed by atoms with Crippen LogP contribution >= 0.6 is 15.9 Å². The smallest absolute Gasteiger partial charge is 0.144 e. The molecule has 0 bridgehead atoms. The van der Waals surface area contributed by atoms with Crippen LogP contribution in [0.1, 0.15) is 24.0 Å². The lowest BCUT2D eigenvalue weighted by molar-refractivity contribution is -0.117. The summed E-state index contributed by atoms with van der Waals surface area (Å²) in [6.07, 6.45) is 2.45. The Morgan fingerprint density at radius 3 is 2.79 bits per heavy atom. The van der Waals surface area contributed by atoms with Crippen LogP contribution in [0.25, 0.3) is 0 Å². The molecule has 0 aliphatic heterocycles. The van der Waals surface area contributed by atoms with Crippen LogP contribution in [0.15, 0.2) is 28.9 Å². The van der Waals surface area contributed by atoms with E-state index in [4.69, 9.17) is 0 Å². The monoisotopic (exact) mass is 321 g/mol. The van der Waals surface area contributed by atoms with Gasteiger partial charge in [-0.25, -0.2) is 0 Å². The van der Waals surface area contributed by atoms with Gasteiger partial charge in [0.15, 0.2) is 0 Å². The molecule has 100 valence electrons. The number of nitrogens with zero attached hydrogens (tertiary/aromatic N) is 3. The maximum atomic E-state index is 12.1. The van der Waals surface area contributed by atoms with Crippen molar-refractivity contribution >= 4 is 21.7 Å². The van der Waals surface area contributed by atoms with Gasteiger partial charge in [-0.15, -0.1) is 0 Å². The number of carbonyl (C=O) groups is 1. The molecule has 0 N–H and O–H groups in total. The summed E-state index contributed by atoms with van der Waals surface area (Å²) in [6.45, 7) is 4.72. The summed E-state index contributed by atoms with van der Waals surface area (Å²) in [5.41, 5.74) is 2.67. The number of hydrogen-bond acceptors (Lipinski definition) is 3. The summed E-state index contributed by atoms with van der Waals surface area (Å²) in [4.78, 5) is 16.3. The number of Topliss-reactive ketones (excluding diaryl/α,β-unsaturated/α-hetero) is 1. The zero-order chi connectivity index (χ0) is 13.8. The lowest BCUT2D eigenvalue weighted by Crippen LogP contribution is -2.12. The van der Waals surface area contributed by atoms with E-state index in [-0.39, 0.29) is 5.78 Å². The number of aromatic nitrogens is 3. The SMILES string of the molecule is CCn1nc(C)c(Br)c1CC(=O)Cc1ccccn1. The Balaban J connectivity index is 2.11. The van der Waals surface area contributed by atoms with Gasteiger partial charge in [0, 0.05) is 31.3 Å². The third kappa shape index (κ3) is 3.29. The molecule has 0 saturated heterocycles. The van der Waals surface area contributed by atoms with Gasteiger partial charge in [0.2, 0.25) is 0 Å². The molecule has 2 rings (SSSR count). The molecule has 0 atom stereocenters. The van der Waals surface area contributed by atoms with Crippen molar-refractivity contribution in [3.8, 4) is 0 Å². The first-order valence-electron chi connectivity index (χ1n) is 6.25. The summed E-state index contributed by atoms with van der Waals surface area (Å²) in [7, 11) is 0. The van der Waals surface area contributed by atoms with Crippen molar-refractivity contribution in [2.75, 3.05) is 0 Å². The molecule has 4 nitrogen and oxygen atoms in total. The van der Waals surface area contributed by atoms with Gasteiger partial charge in [0.25, 0.3) is 0 Å². The number of pyridine rings is 1. The van der Waals surface area contributed by atoms with Gasteiger partial charge in [-0.3, -0.25) is 14.5 Å². The quantitative estimate of drug-likeness (QED) is 0.850. The second-order valence-electron chi connectivity index (χ2n) is 4.38. The van der Waals surface area contributed by atoms with Crippen molar-refractivity contribution in [3.63, 3.8) is 0 Å². The molecule has 2 aromatic rings. The Morgan fingerprint density at radius 2 is 2.16 bits per heavy atom. The fourth-order valence-electron chi connectivity index (χ4n) is 1.99. The maximum absolute atomic E-state index is 12.1. The fourth-order valence-corrected chi connectivity index (χ4v) is 2.42. The van der Waals surface area contributed by atoms with Gasteiger partial charge in [-0.05, 0) is 41.9 Å². The van der Waals surface area contributed by atoms with Crippen LogP contribution in [0, 0.1) is 6.92 Å². The second kappa shape index (κ2) is 6.10. The normalized spacial score (nSPS) is 10.7. The first-order chi connectivity index (χ1) is 9.11. The zero-order valence-electron chi connectivity index (χ0n) is 11.1. The number of rotatable bonds is 5. The minimum absolute atomic E-state index is 0.147. The standard InChI is InChI=1S/C14H16BrN3O/c1-3-18-13(14(15)10(2)17-18)9-12(19)8-11-6-4-5-7-16-11/h4-7H,3,8-9H2,1-2H3. The minimum atomic E-state index is 0.147. The van der Waals surface area contributed by atoms with Crippen molar-refractivity contribution in [3.05, 3.63) is 46.0 Å². The van der Waals surface area contributed by atoms with Gasteiger partial charge in [-0.1, -0.05) is 6.07 Å². The molecular formula is C14H16BrN3O. The summed E-state index contributed by atoms with van der Waals surface area (Å²) in [5, 5.41) is 4.39. The van der Waals surface area contributed by atoms with Crippen LogP contribution in [0.5, 0.6) is 0 Å². The highest BCUT2D eigenvalue weighted by Crippen LogP contribution is 2.22. The molecule has 2 aromatic heterocycles. The van der Waals surface area contributed by atoms with Crippen LogP contribution in [-0.2, 0) is 24.2 Å². The van der Waals surface area contributed by atoms with Crippen molar-refractivity contribution in [2.45, 2.75) is 33.2 Å². The van der Waals surface area contributed by atoms with Crippen molar-refractivity contribution in [1.82, 2.24) is 14.8 Å². The molecule has 0 radical (unpaired) electrons. The van der Waals surface area contributed by atoms with E-state index in [9.17, 15) is 4.79 Å². The van der Waals surface area contributed by atoms with Gasteiger partial charge in [0.05, 0.1) is 15.9 Å². The Hall–Kier alpha value is -1.49. The van der Waals surface area contributed by atoms with E-state index in [1.54, 1.807) is 6.20 Å². The van der Waals surface area contributed by atoms with Gasteiger partial charge in [0.1, 0.15) is 5.78 Å². The number of hydrogen-bond donors (Lipinski definition) is 0. The lowest BCUT2D eigenvalue weighted by Gasteiger charge is -2.05. The Labute approximate surface area is 121 Å². The molecule has 2 heterocycles. The van der Waals surface area contributed by atoms with E-state index >= 15 is 0 Å². The molecule has 0 aliphatic rings. The number of aryl methyl sites for hydroxylation is 2. The van der Waals surface area contributed by atoms with Crippen molar-refractivity contribution in [1.29, 1.82) is 0 Å². The van der Waals surface area contributed by atoms with Crippen LogP contribution in [0.3, 0.4) is 0 Å². The Kier molecular flexibility index (Phi) is 4.47. The first-order valence-corrected chi connectivity index (χ1v) is 7.04. The highest BCUT2D eigenvalue weighted by molar-refractivity contribution is 9.10. The molecule has 19 heavy (non-hydrogen) atoms. The minimum Gasteiger partial charge on any atom is -0.299 e. The molecule has 0 spiro atoms. The van der Waals surface area contributed by atoms with Crippen molar-refractivity contribution in [2.24, 2.45) is 0 Å². The molecular weight excluding hydrogens is 306 g/mol. The molecule has 0 aromatic carbocycles. The Morgan fingerprint density at radius 1 is 1.37 bits per heavy atom. The average molecular weight is 322 g/mol. The van der Waals surface area contributed by atoms with Crippen LogP contribution in [0.4, 0.5) is 0 Å². The molecule has 0 saturated carbocycles. The topological polar surface area (TPSA) is 47.8 Å².